The van der Waals surface area contributed by atoms with Crippen LogP contribution >= 0.6 is 12.2 Å². The molecule has 0 aliphatic carbocycles. The first-order valence-electron chi connectivity index (χ1n) is 5.24. The Hall–Kier alpha value is -0.740. The number of hydrogen-bond acceptors (Lipinski definition) is 3. The first-order valence-corrected chi connectivity index (χ1v) is 5.64. The van der Waals surface area contributed by atoms with E-state index in [0.29, 0.717) is 10.6 Å². The Balaban J connectivity index is 2.84. The van der Waals surface area contributed by atoms with E-state index in [9.17, 15) is 0 Å². The van der Waals surface area contributed by atoms with Crippen LogP contribution in [0.25, 0.3) is 0 Å². The molecule has 0 aliphatic heterocycles. The summed E-state index contributed by atoms with van der Waals surface area (Å²) in [6.07, 6.45) is 0.914. The second-order valence-corrected chi connectivity index (χ2v) is 4.75. The van der Waals surface area contributed by atoms with Gasteiger partial charge in [0.05, 0.1) is 0 Å². The SMILES string of the molecule is CC(C)c1cc(=S)nc(CCN(C)C)[nH]1. The molecule has 1 aromatic heterocycles. The maximum absolute atomic E-state index is 5.14. The number of rotatable bonds is 4. The molecule has 4 heteroatoms. The molecule has 0 aliphatic rings. The zero-order valence-corrected chi connectivity index (χ0v) is 10.7. The molecule has 1 heterocycles. The molecule has 1 rings (SSSR count). The standard InChI is InChI=1S/C11H19N3S/c1-8(2)9-7-11(15)13-10(12-9)5-6-14(3)4/h7-8H,5-6H2,1-4H3,(H,12,13,15). The molecule has 0 aromatic carbocycles. The maximum atomic E-state index is 5.14. The minimum Gasteiger partial charge on any atom is -0.347 e. The molecule has 0 radical (unpaired) electrons. The number of aromatic nitrogens is 2. The fraction of sp³-hybridized carbons (Fsp3) is 0.636. The molecule has 0 atom stereocenters. The van der Waals surface area contributed by atoms with Gasteiger partial charge in [0.25, 0.3) is 0 Å². The summed E-state index contributed by atoms with van der Waals surface area (Å²) in [5, 5.41) is 0. The highest BCUT2D eigenvalue weighted by Gasteiger charge is 2.03. The van der Waals surface area contributed by atoms with Gasteiger partial charge < -0.3 is 9.88 Å². The van der Waals surface area contributed by atoms with Crippen LogP contribution in [0.4, 0.5) is 0 Å². The molecule has 0 fully saturated rings. The molecule has 0 amide bonds. The monoisotopic (exact) mass is 225 g/mol. The summed E-state index contributed by atoms with van der Waals surface area (Å²) in [5.41, 5.74) is 1.17. The second kappa shape index (κ2) is 5.37. The number of H-pyrrole nitrogens is 1. The van der Waals surface area contributed by atoms with E-state index in [2.05, 4.69) is 42.8 Å². The fourth-order valence-corrected chi connectivity index (χ4v) is 1.53. The van der Waals surface area contributed by atoms with Gasteiger partial charge in [-0.3, -0.25) is 0 Å². The van der Waals surface area contributed by atoms with Crippen molar-refractivity contribution in [2.45, 2.75) is 26.2 Å². The Morgan fingerprint density at radius 3 is 2.67 bits per heavy atom. The van der Waals surface area contributed by atoms with Crippen LogP contribution in [-0.2, 0) is 6.42 Å². The first-order chi connectivity index (χ1) is 6.99. The van der Waals surface area contributed by atoms with E-state index < -0.39 is 0 Å². The number of aromatic amines is 1. The van der Waals surface area contributed by atoms with Gasteiger partial charge in [-0.25, -0.2) is 4.98 Å². The minimum absolute atomic E-state index is 0.466. The average Bonchev–Trinajstić information content (AvgIpc) is 2.13. The summed E-state index contributed by atoms with van der Waals surface area (Å²) < 4.78 is 0.686. The molecular weight excluding hydrogens is 206 g/mol. The second-order valence-electron chi connectivity index (χ2n) is 4.33. The zero-order chi connectivity index (χ0) is 11.4. The van der Waals surface area contributed by atoms with Crippen molar-refractivity contribution in [3.63, 3.8) is 0 Å². The van der Waals surface area contributed by atoms with Gasteiger partial charge in [0.1, 0.15) is 10.5 Å². The summed E-state index contributed by atoms with van der Waals surface area (Å²) in [5.74, 6) is 1.45. The van der Waals surface area contributed by atoms with Gasteiger partial charge in [-0.15, -0.1) is 0 Å². The Morgan fingerprint density at radius 1 is 1.47 bits per heavy atom. The number of nitrogens with one attached hydrogen (secondary N) is 1. The van der Waals surface area contributed by atoms with Crippen molar-refractivity contribution < 1.29 is 0 Å². The third-order valence-electron chi connectivity index (χ3n) is 2.23. The Morgan fingerprint density at radius 2 is 2.13 bits per heavy atom. The number of likely N-dealkylation sites (N-methyl/N-ethyl adjacent to an activating group) is 1. The number of nitrogens with zero attached hydrogens (tertiary/aromatic N) is 2. The summed E-state index contributed by atoms with van der Waals surface area (Å²) >= 11 is 5.14. The number of hydrogen-bond donors (Lipinski definition) is 1. The molecule has 1 aromatic rings. The van der Waals surface area contributed by atoms with E-state index in [4.69, 9.17) is 12.2 Å². The molecule has 0 unspecified atom stereocenters. The molecule has 0 saturated carbocycles. The normalized spacial score (nSPS) is 11.3. The molecule has 0 bridgehead atoms. The van der Waals surface area contributed by atoms with Gasteiger partial charge in [0, 0.05) is 18.7 Å². The van der Waals surface area contributed by atoms with E-state index in [1.54, 1.807) is 0 Å². The average molecular weight is 225 g/mol. The van der Waals surface area contributed by atoms with Crippen LogP contribution in [0.1, 0.15) is 31.3 Å². The molecule has 0 spiro atoms. The van der Waals surface area contributed by atoms with Crippen LogP contribution in [0, 0.1) is 4.64 Å². The largest absolute Gasteiger partial charge is 0.347 e. The van der Waals surface area contributed by atoms with Crippen molar-refractivity contribution in [2.75, 3.05) is 20.6 Å². The molecule has 15 heavy (non-hydrogen) atoms. The lowest BCUT2D eigenvalue weighted by Crippen LogP contribution is -2.16. The predicted molar refractivity (Wildman–Crippen MR) is 65.8 cm³/mol. The summed E-state index contributed by atoms with van der Waals surface area (Å²) in [4.78, 5) is 9.80. The fourth-order valence-electron chi connectivity index (χ4n) is 1.29. The summed E-state index contributed by atoms with van der Waals surface area (Å²) in [6.45, 7) is 5.28. The van der Waals surface area contributed by atoms with Crippen molar-refractivity contribution in [1.82, 2.24) is 14.9 Å². The van der Waals surface area contributed by atoms with Crippen LogP contribution in [0.3, 0.4) is 0 Å². The summed E-state index contributed by atoms with van der Waals surface area (Å²) in [7, 11) is 4.11. The van der Waals surface area contributed by atoms with E-state index in [1.165, 1.54) is 5.69 Å². The lowest BCUT2D eigenvalue weighted by molar-refractivity contribution is 0.409. The third-order valence-corrected chi connectivity index (χ3v) is 2.44. The Labute approximate surface area is 96.5 Å². The maximum Gasteiger partial charge on any atom is 0.129 e. The van der Waals surface area contributed by atoms with Crippen LogP contribution < -0.4 is 0 Å². The van der Waals surface area contributed by atoms with Crippen molar-refractivity contribution in [3.05, 3.63) is 22.2 Å². The molecular formula is C11H19N3S. The Kier molecular flexibility index (Phi) is 4.42. The zero-order valence-electron chi connectivity index (χ0n) is 9.87. The van der Waals surface area contributed by atoms with Gasteiger partial charge in [-0.05, 0) is 26.1 Å². The van der Waals surface area contributed by atoms with Gasteiger partial charge in [0.15, 0.2) is 0 Å². The molecule has 84 valence electrons. The van der Waals surface area contributed by atoms with E-state index >= 15 is 0 Å². The molecule has 0 saturated heterocycles. The lowest BCUT2D eigenvalue weighted by atomic mass is 10.1. The lowest BCUT2D eigenvalue weighted by Gasteiger charge is -2.11. The summed E-state index contributed by atoms with van der Waals surface area (Å²) in [6, 6.07) is 1.94. The van der Waals surface area contributed by atoms with Crippen LogP contribution in [-0.4, -0.2) is 35.5 Å². The Bertz CT molecular complexity index is 368. The van der Waals surface area contributed by atoms with Gasteiger partial charge in [-0.2, -0.15) is 0 Å². The van der Waals surface area contributed by atoms with Crippen molar-refractivity contribution in [1.29, 1.82) is 0 Å². The smallest absolute Gasteiger partial charge is 0.129 e. The van der Waals surface area contributed by atoms with Crippen molar-refractivity contribution in [3.8, 4) is 0 Å². The quantitative estimate of drug-likeness (QED) is 0.798. The topological polar surface area (TPSA) is 31.9 Å². The molecule has 3 nitrogen and oxygen atoms in total. The van der Waals surface area contributed by atoms with E-state index in [0.717, 1.165) is 18.8 Å². The van der Waals surface area contributed by atoms with Crippen LogP contribution in [0.2, 0.25) is 0 Å². The van der Waals surface area contributed by atoms with Gasteiger partial charge >= 0.3 is 0 Å². The highest BCUT2D eigenvalue weighted by molar-refractivity contribution is 7.71. The predicted octanol–water partition coefficient (Wildman–Crippen LogP) is 2.37. The van der Waals surface area contributed by atoms with E-state index in [1.807, 2.05) is 6.07 Å². The van der Waals surface area contributed by atoms with Crippen LogP contribution in [0.5, 0.6) is 0 Å². The van der Waals surface area contributed by atoms with E-state index in [-0.39, 0.29) is 0 Å². The van der Waals surface area contributed by atoms with Gasteiger partial charge in [0.2, 0.25) is 0 Å². The van der Waals surface area contributed by atoms with Crippen molar-refractivity contribution >= 4 is 12.2 Å². The van der Waals surface area contributed by atoms with Crippen LogP contribution in [0.15, 0.2) is 6.07 Å². The highest BCUT2D eigenvalue weighted by Crippen LogP contribution is 2.11. The first kappa shape index (κ1) is 12.3. The van der Waals surface area contributed by atoms with Gasteiger partial charge in [-0.1, -0.05) is 26.1 Å². The third kappa shape index (κ3) is 4.10. The minimum atomic E-state index is 0.466. The highest BCUT2D eigenvalue weighted by atomic mass is 32.1. The molecule has 1 N–H and O–H groups in total. The van der Waals surface area contributed by atoms with Crippen molar-refractivity contribution in [2.24, 2.45) is 0 Å².